The Bertz CT molecular complexity index is 523. The lowest BCUT2D eigenvalue weighted by atomic mass is 9.79. The highest BCUT2D eigenvalue weighted by atomic mass is 16.5. The number of Topliss-reactive ketones (excluding diaryl/α,β-unsaturated/α-hetero) is 1. The van der Waals surface area contributed by atoms with Crippen LogP contribution in [0.3, 0.4) is 0 Å². The molecule has 114 valence electrons. The molecule has 0 amide bonds. The second-order valence-corrected chi connectivity index (χ2v) is 5.42. The third kappa shape index (κ3) is 3.71. The van der Waals surface area contributed by atoms with E-state index in [0.717, 1.165) is 11.3 Å². The number of benzene rings is 1. The van der Waals surface area contributed by atoms with Crippen LogP contribution in [0.25, 0.3) is 6.08 Å². The van der Waals surface area contributed by atoms with Crippen molar-refractivity contribution in [2.75, 3.05) is 14.2 Å². The zero-order valence-corrected chi connectivity index (χ0v) is 12.5. The van der Waals surface area contributed by atoms with Crippen LogP contribution >= 0.6 is 0 Å². The molecule has 1 aromatic carbocycles. The number of ketones is 1. The highest BCUT2D eigenvalue weighted by Crippen LogP contribution is 2.32. The first-order valence-corrected chi connectivity index (χ1v) is 7.15. The summed E-state index contributed by atoms with van der Waals surface area (Å²) >= 11 is 0. The molecule has 0 heterocycles. The molecule has 4 heteroatoms. The summed E-state index contributed by atoms with van der Waals surface area (Å²) in [5, 5.41) is 10.7. The highest BCUT2D eigenvalue weighted by Gasteiger charge is 2.41. The summed E-state index contributed by atoms with van der Waals surface area (Å²) in [5.74, 6) is 0.947. The van der Waals surface area contributed by atoms with Crippen molar-refractivity contribution in [2.45, 2.75) is 37.4 Å². The minimum absolute atomic E-state index is 0.153. The number of rotatable bonds is 5. The summed E-state index contributed by atoms with van der Waals surface area (Å²) < 4.78 is 10.6. The third-order valence-electron chi connectivity index (χ3n) is 4.04. The molecule has 0 aliphatic heterocycles. The SMILES string of the molecule is COc1ccccc1C=CC[C@]1(O)CCC(=O)C[C@@H]1OC. The maximum atomic E-state index is 11.5. The van der Waals surface area contributed by atoms with E-state index in [-0.39, 0.29) is 12.2 Å². The van der Waals surface area contributed by atoms with Crippen molar-refractivity contribution in [3.05, 3.63) is 35.9 Å². The number of hydrogen-bond acceptors (Lipinski definition) is 4. The Labute approximate surface area is 125 Å². The molecular weight excluding hydrogens is 268 g/mol. The summed E-state index contributed by atoms with van der Waals surface area (Å²) in [4.78, 5) is 11.5. The Morgan fingerprint density at radius 3 is 2.86 bits per heavy atom. The fourth-order valence-electron chi connectivity index (χ4n) is 2.75. The average Bonchev–Trinajstić information content (AvgIpc) is 2.50. The van der Waals surface area contributed by atoms with Gasteiger partial charge in [-0.2, -0.15) is 0 Å². The normalized spacial score (nSPS) is 26.2. The van der Waals surface area contributed by atoms with Gasteiger partial charge in [0.1, 0.15) is 11.5 Å². The number of carbonyl (C=O) groups is 1. The van der Waals surface area contributed by atoms with E-state index < -0.39 is 11.7 Å². The molecule has 1 N–H and O–H groups in total. The van der Waals surface area contributed by atoms with Crippen LogP contribution in [0.15, 0.2) is 30.3 Å². The molecule has 4 nitrogen and oxygen atoms in total. The van der Waals surface area contributed by atoms with Crippen molar-refractivity contribution < 1.29 is 19.4 Å². The molecule has 2 atom stereocenters. The van der Waals surface area contributed by atoms with Gasteiger partial charge in [-0.15, -0.1) is 0 Å². The van der Waals surface area contributed by atoms with Crippen molar-refractivity contribution in [1.29, 1.82) is 0 Å². The van der Waals surface area contributed by atoms with Gasteiger partial charge >= 0.3 is 0 Å². The van der Waals surface area contributed by atoms with Gasteiger partial charge in [0.05, 0.1) is 18.8 Å². The Balaban J connectivity index is 2.07. The quantitative estimate of drug-likeness (QED) is 0.905. The molecule has 2 rings (SSSR count). The molecule has 0 aromatic heterocycles. The van der Waals surface area contributed by atoms with E-state index in [0.29, 0.717) is 19.3 Å². The molecule has 21 heavy (non-hydrogen) atoms. The van der Waals surface area contributed by atoms with Crippen LogP contribution in [0.5, 0.6) is 5.75 Å². The molecule has 1 aromatic rings. The highest BCUT2D eigenvalue weighted by molar-refractivity contribution is 5.80. The Kier molecular flexibility index (Phi) is 5.15. The van der Waals surface area contributed by atoms with Crippen molar-refractivity contribution >= 4 is 11.9 Å². The topological polar surface area (TPSA) is 55.8 Å². The zero-order chi connectivity index (χ0) is 15.3. The maximum Gasteiger partial charge on any atom is 0.135 e. The minimum Gasteiger partial charge on any atom is -0.496 e. The lowest BCUT2D eigenvalue weighted by Gasteiger charge is -2.37. The van der Waals surface area contributed by atoms with Crippen LogP contribution in [0.4, 0.5) is 0 Å². The van der Waals surface area contributed by atoms with Crippen molar-refractivity contribution in [3.63, 3.8) is 0 Å². The second kappa shape index (κ2) is 6.87. The molecule has 0 unspecified atom stereocenters. The van der Waals surface area contributed by atoms with Crippen molar-refractivity contribution in [2.24, 2.45) is 0 Å². The molecule has 0 spiro atoms. The lowest BCUT2D eigenvalue weighted by molar-refractivity contribution is -0.145. The van der Waals surface area contributed by atoms with Gasteiger partial charge in [-0.05, 0) is 18.9 Å². The Hall–Kier alpha value is -1.65. The Morgan fingerprint density at radius 1 is 1.38 bits per heavy atom. The standard InChI is InChI=1S/C17H22O4/c1-20-15-8-4-3-6-13(15)7-5-10-17(19)11-9-14(18)12-16(17)21-2/h3-8,16,19H,9-12H2,1-2H3/t16-,17-/m0/s1. The molecule has 1 saturated carbocycles. The number of ether oxygens (including phenoxy) is 2. The van der Waals surface area contributed by atoms with Crippen LogP contribution < -0.4 is 4.74 Å². The van der Waals surface area contributed by atoms with E-state index in [4.69, 9.17) is 9.47 Å². The molecule has 1 aliphatic rings. The monoisotopic (exact) mass is 290 g/mol. The Morgan fingerprint density at radius 2 is 2.14 bits per heavy atom. The van der Waals surface area contributed by atoms with Crippen molar-refractivity contribution in [3.8, 4) is 5.75 Å². The molecule has 0 saturated heterocycles. The van der Waals surface area contributed by atoms with Gasteiger partial charge in [0.15, 0.2) is 0 Å². The minimum atomic E-state index is -0.971. The van der Waals surface area contributed by atoms with Crippen LogP contribution in [-0.2, 0) is 9.53 Å². The smallest absolute Gasteiger partial charge is 0.135 e. The van der Waals surface area contributed by atoms with E-state index in [1.807, 2.05) is 36.4 Å². The largest absolute Gasteiger partial charge is 0.496 e. The molecular formula is C17H22O4. The third-order valence-corrected chi connectivity index (χ3v) is 4.04. The fourth-order valence-corrected chi connectivity index (χ4v) is 2.75. The van der Waals surface area contributed by atoms with Crippen LogP contribution in [0.1, 0.15) is 31.2 Å². The fraction of sp³-hybridized carbons (Fsp3) is 0.471. The predicted octanol–water partition coefficient (Wildman–Crippen LogP) is 2.60. The number of methoxy groups -OCH3 is 2. The van der Waals surface area contributed by atoms with E-state index in [9.17, 15) is 9.90 Å². The van der Waals surface area contributed by atoms with E-state index in [1.54, 1.807) is 7.11 Å². The van der Waals surface area contributed by atoms with E-state index in [2.05, 4.69) is 0 Å². The van der Waals surface area contributed by atoms with Crippen LogP contribution in [-0.4, -0.2) is 36.8 Å². The van der Waals surface area contributed by atoms with Gasteiger partial charge in [0.2, 0.25) is 0 Å². The predicted molar refractivity (Wildman–Crippen MR) is 81.2 cm³/mol. The maximum absolute atomic E-state index is 11.5. The molecule has 1 fully saturated rings. The van der Waals surface area contributed by atoms with Gasteiger partial charge in [-0.3, -0.25) is 4.79 Å². The first-order chi connectivity index (χ1) is 10.1. The number of para-hydroxylation sites is 1. The van der Waals surface area contributed by atoms with Gasteiger partial charge < -0.3 is 14.6 Å². The van der Waals surface area contributed by atoms with Crippen molar-refractivity contribution in [1.82, 2.24) is 0 Å². The van der Waals surface area contributed by atoms with Gasteiger partial charge in [0.25, 0.3) is 0 Å². The second-order valence-electron chi connectivity index (χ2n) is 5.42. The zero-order valence-electron chi connectivity index (χ0n) is 12.5. The summed E-state index contributed by atoms with van der Waals surface area (Å²) in [7, 11) is 3.17. The van der Waals surface area contributed by atoms with Gasteiger partial charge in [-0.25, -0.2) is 0 Å². The van der Waals surface area contributed by atoms with E-state index >= 15 is 0 Å². The number of carbonyl (C=O) groups excluding carboxylic acids is 1. The first kappa shape index (κ1) is 15.7. The number of aliphatic hydroxyl groups is 1. The van der Waals surface area contributed by atoms with Gasteiger partial charge in [-0.1, -0.05) is 30.4 Å². The summed E-state index contributed by atoms with van der Waals surface area (Å²) in [6, 6.07) is 7.70. The average molecular weight is 290 g/mol. The molecule has 0 bridgehead atoms. The first-order valence-electron chi connectivity index (χ1n) is 7.15. The van der Waals surface area contributed by atoms with Crippen LogP contribution in [0, 0.1) is 0 Å². The van der Waals surface area contributed by atoms with Gasteiger partial charge in [0, 0.05) is 25.5 Å². The summed E-state index contributed by atoms with van der Waals surface area (Å²) in [6.45, 7) is 0. The number of hydrogen-bond donors (Lipinski definition) is 1. The van der Waals surface area contributed by atoms with Crippen LogP contribution in [0.2, 0.25) is 0 Å². The molecule has 1 aliphatic carbocycles. The summed E-state index contributed by atoms with van der Waals surface area (Å²) in [5.41, 5.74) is -0.00860. The summed E-state index contributed by atoms with van der Waals surface area (Å²) in [6.07, 6.45) is 5.02. The van der Waals surface area contributed by atoms with E-state index in [1.165, 1.54) is 7.11 Å². The molecule has 0 radical (unpaired) electrons. The lowest BCUT2D eigenvalue weighted by Crippen LogP contribution is -2.47.